The summed E-state index contributed by atoms with van der Waals surface area (Å²) in [7, 11) is 0. The summed E-state index contributed by atoms with van der Waals surface area (Å²) in [6.07, 6.45) is 1.69. The fourth-order valence-electron chi connectivity index (χ4n) is 1.99. The van der Waals surface area contributed by atoms with Gasteiger partial charge in [-0.3, -0.25) is 0 Å². The van der Waals surface area contributed by atoms with Gasteiger partial charge in [0.2, 0.25) is 0 Å². The van der Waals surface area contributed by atoms with Gasteiger partial charge in [0.05, 0.1) is 12.3 Å². The minimum atomic E-state index is -0.287. The highest BCUT2D eigenvalue weighted by Crippen LogP contribution is 2.37. The lowest BCUT2D eigenvalue weighted by molar-refractivity contribution is -0.113. The molecule has 0 aliphatic carbocycles. The summed E-state index contributed by atoms with van der Waals surface area (Å²) < 4.78 is 11.3. The third-order valence-electron chi connectivity index (χ3n) is 2.82. The molecule has 16 heavy (non-hydrogen) atoms. The molecule has 1 saturated heterocycles. The van der Waals surface area contributed by atoms with Crippen LogP contribution in [-0.4, -0.2) is 29.9 Å². The normalized spacial score (nSPS) is 19.9. The Hall–Kier alpha value is -0.490. The van der Waals surface area contributed by atoms with Crippen molar-refractivity contribution < 1.29 is 14.6 Å². The summed E-state index contributed by atoms with van der Waals surface area (Å²) in [5.41, 5.74) is 0.441. The Balaban J connectivity index is 2.23. The molecule has 0 spiro atoms. The van der Waals surface area contributed by atoms with E-state index in [9.17, 15) is 0 Å². The van der Waals surface area contributed by atoms with Crippen LogP contribution in [0.3, 0.4) is 0 Å². The SMILES string of the molecule is CCOC1(c2nc(CO)cs2)CCOCC1. The van der Waals surface area contributed by atoms with Crippen LogP contribution in [0.1, 0.15) is 30.5 Å². The first-order valence-electron chi connectivity index (χ1n) is 5.58. The molecule has 1 aliphatic heterocycles. The highest BCUT2D eigenvalue weighted by atomic mass is 32.1. The molecular weight excluding hydrogens is 226 g/mol. The third-order valence-corrected chi connectivity index (χ3v) is 3.90. The molecule has 1 aromatic rings. The van der Waals surface area contributed by atoms with Crippen molar-refractivity contribution >= 4 is 11.3 Å². The lowest BCUT2D eigenvalue weighted by Crippen LogP contribution is -2.36. The van der Waals surface area contributed by atoms with Gasteiger partial charge in [-0.05, 0) is 6.92 Å². The lowest BCUT2D eigenvalue weighted by atomic mass is 9.95. The zero-order chi connectivity index (χ0) is 11.4. The number of nitrogens with zero attached hydrogens (tertiary/aromatic N) is 1. The number of hydrogen-bond acceptors (Lipinski definition) is 5. The minimum Gasteiger partial charge on any atom is -0.390 e. The average Bonchev–Trinajstić information content (AvgIpc) is 2.80. The van der Waals surface area contributed by atoms with Crippen LogP contribution in [0.15, 0.2) is 5.38 Å². The molecule has 1 fully saturated rings. The molecule has 5 heteroatoms. The highest BCUT2D eigenvalue weighted by Gasteiger charge is 2.37. The maximum Gasteiger partial charge on any atom is 0.125 e. The van der Waals surface area contributed by atoms with E-state index >= 15 is 0 Å². The number of aromatic nitrogens is 1. The maximum absolute atomic E-state index is 9.04. The second-order valence-corrected chi connectivity index (χ2v) is 4.70. The fourth-order valence-corrected chi connectivity index (χ4v) is 3.01. The first kappa shape index (κ1) is 12.0. The molecule has 1 aliphatic rings. The van der Waals surface area contributed by atoms with Gasteiger partial charge in [0.15, 0.2) is 0 Å². The Kier molecular flexibility index (Phi) is 3.91. The van der Waals surface area contributed by atoms with Gasteiger partial charge in [0.1, 0.15) is 10.6 Å². The number of rotatable bonds is 4. The van der Waals surface area contributed by atoms with Crippen LogP contribution in [0.25, 0.3) is 0 Å². The number of ether oxygens (including phenoxy) is 2. The average molecular weight is 243 g/mol. The molecule has 0 atom stereocenters. The number of thiazole rings is 1. The van der Waals surface area contributed by atoms with Crippen LogP contribution >= 0.6 is 11.3 Å². The molecule has 2 rings (SSSR count). The molecule has 0 bridgehead atoms. The van der Waals surface area contributed by atoms with Gasteiger partial charge in [-0.15, -0.1) is 11.3 Å². The first-order chi connectivity index (χ1) is 7.80. The number of aliphatic hydroxyl groups is 1. The van der Waals surface area contributed by atoms with Crippen LogP contribution in [0.4, 0.5) is 0 Å². The Bertz CT molecular complexity index is 328. The molecule has 0 radical (unpaired) electrons. The summed E-state index contributed by atoms with van der Waals surface area (Å²) in [5.74, 6) is 0. The van der Waals surface area contributed by atoms with E-state index in [0.717, 1.165) is 23.5 Å². The molecule has 90 valence electrons. The third kappa shape index (κ3) is 2.27. The Morgan fingerprint density at radius 3 is 2.88 bits per heavy atom. The predicted molar refractivity (Wildman–Crippen MR) is 61.4 cm³/mol. The Labute approximate surface area is 99.2 Å². The molecule has 4 nitrogen and oxygen atoms in total. The van der Waals surface area contributed by atoms with Crippen molar-refractivity contribution in [2.75, 3.05) is 19.8 Å². The number of aliphatic hydroxyl groups excluding tert-OH is 1. The zero-order valence-electron chi connectivity index (χ0n) is 9.44. The summed E-state index contributed by atoms with van der Waals surface area (Å²) in [5, 5.41) is 11.9. The molecule has 1 N–H and O–H groups in total. The summed E-state index contributed by atoms with van der Waals surface area (Å²) in [6, 6.07) is 0. The van der Waals surface area contributed by atoms with Gasteiger partial charge in [-0.25, -0.2) is 4.98 Å². The highest BCUT2D eigenvalue weighted by molar-refractivity contribution is 7.09. The quantitative estimate of drug-likeness (QED) is 0.874. The standard InChI is InChI=1S/C11H17NO3S/c1-2-15-11(3-5-14-6-4-11)10-12-9(7-13)8-16-10/h8,13H,2-7H2,1H3. The summed E-state index contributed by atoms with van der Waals surface area (Å²) in [6.45, 7) is 4.10. The maximum atomic E-state index is 9.04. The van der Waals surface area contributed by atoms with Gasteiger partial charge in [0, 0.05) is 38.0 Å². The predicted octanol–water partition coefficient (Wildman–Crippen LogP) is 1.68. The van der Waals surface area contributed by atoms with E-state index in [2.05, 4.69) is 4.98 Å². The Morgan fingerprint density at radius 1 is 1.56 bits per heavy atom. The topological polar surface area (TPSA) is 51.6 Å². The van der Waals surface area contributed by atoms with E-state index < -0.39 is 0 Å². The fraction of sp³-hybridized carbons (Fsp3) is 0.727. The van der Waals surface area contributed by atoms with Crippen molar-refractivity contribution in [3.05, 3.63) is 16.1 Å². The molecular formula is C11H17NO3S. The summed E-state index contributed by atoms with van der Waals surface area (Å²) in [4.78, 5) is 4.43. The zero-order valence-corrected chi connectivity index (χ0v) is 10.3. The van der Waals surface area contributed by atoms with Crippen LogP contribution in [0, 0.1) is 0 Å². The lowest BCUT2D eigenvalue weighted by Gasteiger charge is -2.35. The van der Waals surface area contributed by atoms with E-state index in [4.69, 9.17) is 14.6 Å². The van der Waals surface area contributed by atoms with E-state index in [-0.39, 0.29) is 12.2 Å². The second kappa shape index (κ2) is 5.23. The largest absolute Gasteiger partial charge is 0.390 e. The molecule has 2 heterocycles. The Morgan fingerprint density at radius 2 is 2.31 bits per heavy atom. The second-order valence-electron chi connectivity index (χ2n) is 3.84. The molecule has 0 saturated carbocycles. The first-order valence-corrected chi connectivity index (χ1v) is 6.46. The van der Waals surface area contributed by atoms with Crippen molar-refractivity contribution in [1.29, 1.82) is 0 Å². The van der Waals surface area contributed by atoms with Gasteiger partial charge < -0.3 is 14.6 Å². The van der Waals surface area contributed by atoms with Crippen molar-refractivity contribution in [3.8, 4) is 0 Å². The minimum absolute atomic E-state index is 0.00476. The van der Waals surface area contributed by atoms with Crippen molar-refractivity contribution in [1.82, 2.24) is 4.98 Å². The van der Waals surface area contributed by atoms with Crippen molar-refractivity contribution in [2.24, 2.45) is 0 Å². The number of hydrogen-bond donors (Lipinski definition) is 1. The van der Waals surface area contributed by atoms with Crippen LogP contribution in [-0.2, 0) is 21.7 Å². The monoisotopic (exact) mass is 243 g/mol. The molecule has 0 aromatic carbocycles. The van der Waals surface area contributed by atoms with E-state index in [1.807, 2.05) is 12.3 Å². The van der Waals surface area contributed by atoms with Crippen LogP contribution in [0.2, 0.25) is 0 Å². The van der Waals surface area contributed by atoms with Gasteiger partial charge in [-0.2, -0.15) is 0 Å². The van der Waals surface area contributed by atoms with E-state index in [0.29, 0.717) is 19.8 Å². The summed E-state index contributed by atoms with van der Waals surface area (Å²) >= 11 is 1.57. The van der Waals surface area contributed by atoms with Gasteiger partial charge >= 0.3 is 0 Å². The van der Waals surface area contributed by atoms with Crippen molar-refractivity contribution in [2.45, 2.75) is 32.0 Å². The molecule has 0 amide bonds. The van der Waals surface area contributed by atoms with Crippen LogP contribution in [0.5, 0.6) is 0 Å². The van der Waals surface area contributed by atoms with Gasteiger partial charge in [0.25, 0.3) is 0 Å². The molecule has 1 aromatic heterocycles. The van der Waals surface area contributed by atoms with Gasteiger partial charge in [-0.1, -0.05) is 0 Å². The molecule has 0 unspecified atom stereocenters. The van der Waals surface area contributed by atoms with E-state index in [1.165, 1.54) is 0 Å². The van der Waals surface area contributed by atoms with E-state index in [1.54, 1.807) is 11.3 Å². The van der Waals surface area contributed by atoms with Crippen LogP contribution < -0.4 is 0 Å². The smallest absolute Gasteiger partial charge is 0.125 e. The van der Waals surface area contributed by atoms with Crippen molar-refractivity contribution in [3.63, 3.8) is 0 Å².